The van der Waals surface area contributed by atoms with E-state index in [1.54, 1.807) is 0 Å². The lowest BCUT2D eigenvalue weighted by atomic mass is 9.85. The first-order valence-electron chi connectivity index (χ1n) is 7.13. The largest absolute Gasteiger partial charge is 0.340 e. The third-order valence-corrected chi connectivity index (χ3v) is 4.79. The minimum absolute atomic E-state index is 0.129. The molecule has 1 amide bonds. The number of rotatable bonds is 1. The number of likely N-dealkylation sites (N-methyl/N-ethyl adjacent to an activating group) is 1. The average molecular weight is 269 g/mol. The molecule has 5 nitrogen and oxygen atoms in total. The summed E-state index contributed by atoms with van der Waals surface area (Å²) in [5.74, 6) is 0.0682. The summed E-state index contributed by atoms with van der Waals surface area (Å²) in [7, 11) is 2.08. The number of carbonyl (C=O) groups is 1. The second kappa shape index (κ2) is 4.72. The van der Waals surface area contributed by atoms with E-state index in [4.69, 9.17) is 0 Å². The molecule has 19 heavy (non-hydrogen) atoms. The van der Waals surface area contributed by atoms with E-state index < -0.39 is 5.54 Å². The van der Waals surface area contributed by atoms with E-state index in [1.165, 1.54) is 5.06 Å². The van der Waals surface area contributed by atoms with Crippen LogP contribution in [-0.4, -0.2) is 70.3 Å². The summed E-state index contributed by atoms with van der Waals surface area (Å²) in [6.45, 7) is 11.4. The van der Waals surface area contributed by atoms with Crippen molar-refractivity contribution in [3.63, 3.8) is 0 Å². The third-order valence-electron chi connectivity index (χ3n) is 4.79. The number of nitrogens with zero attached hydrogens (tertiary/aromatic N) is 3. The van der Waals surface area contributed by atoms with Gasteiger partial charge >= 0.3 is 0 Å². The summed E-state index contributed by atoms with van der Waals surface area (Å²) >= 11 is 0. The van der Waals surface area contributed by atoms with Crippen LogP contribution in [0.15, 0.2) is 0 Å². The van der Waals surface area contributed by atoms with Crippen molar-refractivity contribution in [1.29, 1.82) is 0 Å². The van der Waals surface area contributed by atoms with Crippen LogP contribution in [-0.2, 0) is 4.79 Å². The van der Waals surface area contributed by atoms with Crippen molar-refractivity contribution in [1.82, 2.24) is 14.9 Å². The van der Waals surface area contributed by atoms with Gasteiger partial charge in [0.05, 0.1) is 11.5 Å². The Kier molecular flexibility index (Phi) is 3.66. The van der Waals surface area contributed by atoms with Crippen LogP contribution in [0.1, 0.15) is 34.1 Å². The fraction of sp³-hybridized carbons (Fsp3) is 0.929. The van der Waals surface area contributed by atoms with E-state index in [2.05, 4.69) is 11.9 Å². The number of amides is 1. The maximum atomic E-state index is 12.7. The Labute approximate surface area is 116 Å². The van der Waals surface area contributed by atoms with Crippen molar-refractivity contribution < 1.29 is 10.0 Å². The van der Waals surface area contributed by atoms with E-state index in [0.717, 1.165) is 26.2 Å². The van der Waals surface area contributed by atoms with Crippen LogP contribution in [0, 0.1) is 5.92 Å². The van der Waals surface area contributed by atoms with Gasteiger partial charge in [-0.2, -0.15) is 5.06 Å². The van der Waals surface area contributed by atoms with Gasteiger partial charge in [0.2, 0.25) is 5.91 Å². The topological polar surface area (TPSA) is 47.0 Å². The van der Waals surface area contributed by atoms with Crippen molar-refractivity contribution in [2.45, 2.75) is 45.2 Å². The lowest BCUT2D eigenvalue weighted by Crippen LogP contribution is -2.53. The Bertz CT molecular complexity index is 360. The molecule has 1 atom stereocenters. The molecule has 2 saturated heterocycles. The predicted molar refractivity (Wildman–Crippen MR) is 74.0 cm³/mol. The highest BCUT2D eigenvalue weighted by molar-refractivity contribution is 5.81. The van der Waals surface area contributed by atoms with Gasteiger partial charge in [-0.15, -0.1) is 0 Å². The first-order chi connectivity index (χ1) is 8.66. The molecular formula is C14H27N3O2. The monoisotopic (exact) mass is 269 g/mol. The summed E-state index contributed by atoms with van der Waals surface area (Å²) in [5, 5.41) is 11.7. The SMILES string of the molecule is CN1CCN(C(=O)C2CC(C)(C)N(O)C2(C)C)CC1. The van der Waals surface area contributed by atoms with E-state index >= 15 is 0 Å². The zero-order valence-corrected chi connectivity index (χ0v) is 12.8. The maximum absolute atomic E-state index is 12.7. The molecule has 2 rings (SSSR count). The molecule has 5 heteroatoms. The van der Waals surface area contributed by atoms with Gasteiger partial charge in [-0.05, 0) is 41.2 Å². The summed E-state index contributed by atoms with van der Waals surface area (Å²) < 4.78 is 0. The van der Waals surface area contributed by atoms with Gasteiger partial charge in [0.25, 0.3) is 0 Å². The molecule has 0 aromatic rings. The molecule has 0 spiro atoms. The Morgan fingerprint density at radius 2 is 1.63 bits per heavy atom. The number of hydrogen-bond acceptors (Lipinski definition) is 4. The van der Waals surface area contributed by atoms with Crippen LogP contribution >= 0.6 is 0 Å². The molecule has 0 aromatic carbocycles. The Hall–Kier alpha value is -0.650. The van der Waals surface area contributed by atoms with E-state index in [-0.39, 0.29) is 17.4 Å². The summed E-state index contributed by atoms with van der Waals surface area (Å²) in [6.07, 6.45) is 0.710. The van der Waals surface area contributed by atoms with Gasteiger partial charge < -0.3 is 15.0 Å². The van der Waals surface area contributed by atoms with Gasteiger partial charge in [0.15, 0.2) is 0 Å². The smallest absolute Gasteiger partial charge is 0.227 e. The molecule has 0 radical (unpaired) electrons. The fourth-order valence-corrected chi connectivity index (χ4v) is 3.40. The molecule has 2 heterocycles. The van der Waals surface area contributed by atoms with Crippen molar-refractivity contribution in [3.8, 4) is 0 Å². The lowest BCUT2D eigenvalue weighted by molar-refractivity contribution is -0.198. The summed E-state index contributed by atoms with van der Waals surface area (Å²) in [5.41, 5.74) is -0.833. The lowest BCUT2D eigenvalue weighted by Gasteiger charge is -2.38. The van der Waals surface area contributed by atoms with Gasteiger partial charge in [-0.3, -0.25) is 4.79 Å². The maximum Gasteiger partial charge on any atom is 0.227 e. The van der Waals surface area contributed by atoms with Crippen LogP contribution in [0.3, 0.4) is 0 Å². The highest BCUT2D eigenvalue weighted by atomic mass is 16.5. The van der Waals surface area contributed by atoms with Crippen LogP contribution in [0.5, 0.6) is 0 Å². The van der Waals surface area contributed by atoms with E-state index in [0.29, 0.717) is 6.42 Å². The Balaban J connectivity index is 2.11. The number of carbonyl (C=O) groups excluding carboxylic acids is 1. The van der Waals surface area contributed by atoms with Crippen molar-refractivity contribution in [3.05, 3.63) is 0 Å². The predicted octanol–water partition coefficient (Wildman–Crippen LogP) is 1.03. The van der Waals surface area contributed by atoms with E-state index in [1.807, 2.05) is 32.6 Å². The zero-order valence-electron chi connectivity index (χ0n) is 12.8. The van der Waals surface area contributed by atoms with Gasteiger partial charge in [-0.25, -0.2) is 0 Å². The summed E-state index contributed by atoms with van der Waals surface area (Å²) in [4.78, 5) is 16.9. The molecule has 2 fully saturated rings. The normalized spacial score (nSPS) is 31.7. The number of hydroxylamine groups is 2. The molecule has 1 unspecified atom stereocenters. The summed E-state index contributed by atoms with van der Waals surface area (Å²) in [6, 6.07) is 0. The van der Waals surface area contributed by atoms with Gasteiger partial charge in [0.1, 0.15) is 0 Å². The van der Waals surface area contributed by atoms with Crippen molar-refractivity contribution in [2.24, 2.45) is 5.92 Å². The van der Waals surface area contributed by atoms with Crippen molar-refractivity contribution >= 4 is 5.91 Å². The highest BCUT2D eigenvalue weighted by Gasteiger charge is 2.54. The Morgan fingerprint density at radius 1 is 1.11 bits per heavy atom. The second-order valence-corrected chi connectivity index (χ2v) is 7.16. The van der Waals surface area contributed by atoms with Crippen LogP contribution in [0.2, 0.25) is 0 Å². The molecular weight excluding hydrogens is 242 g/mol. The fourth-order valence-electron chi connectivity index (χ4n) is 3.40. The standard InChI is InChI=1S/C14H27N3O2/c1-13(2)10-11(14(3,4)17(13)19)12(18)16-8-6-15(5)7-9-16/h11,19H,6-10H2,1-5H3. The molecule has 0 saturated carbocycles. The molecule has 2 aliphatic heterocycles. The average Bonchev–Trinajstić information content (AvgIpc) is 2.50. The first-order valence-corrected chi connectivity index (χ1v) is 7.13. The molecule has 110 valence electrons. The zero-order chi connectivity index (χ0) is 14.4. The minimum Gasteiger partial charge on any atom is -0.340 e. The van der Waals surface area contributed by atoms with Crippen LogP contribution < -0.4 is 0 Å². The van der Waals surface area contributed by atoms with Gasteiger partial charge in [-0.1, -0.05) is 0 Å². The molecule has 1 N–H and O–H groups in total. The van der Waals surface area contributed by atoms with Crippen molar-refractivity contribution in [2.75, 3.05) is 33.2 Å². The van der Waals surface area contributed by atoms with Gasteiger partial charge in [0, 0.05) is 31.7 Å². The highest BCUT2D eigenvalue weighted by Crippen LogP contribution is 2.44. The first kappa shape index (κ1) is 14.8. The molecule has 2 aliphatic rings. The molecule has 0 aliphatic carbocycles. The third kappa shape index (κ3) is 2.51. The van der Waals surface area contributed by atoms with Crippen LogP contribution in [0.4, 0.5) is 0 Å². The number of hydrogen-bond donors (Lipinski definition) is 1. The quantitative estimate of drug-likeness (QED) is 0.772. The van der Waals surface area contributed by atoms with E-state index in [9.17, 15) is 10.0 Å². The second-order valence-electron chi connectivity index (χ2n) is 7.16. The Morgan fingerprint density at radius 3 is 2.05 bits per heavy atom. The molecule has 0 bridgehead atoms. The van der Waals surface area contributed by atoms with Crippen LogP contribution in [0.25, 0.3) is 0 Å². The molecule has 0 aromatic heterocycles. The minimum atomic E-state index is -0.496. The number of piperazine rings is 1.